The van der Waals surface area contributed by atoms with E-state index in [0.29, 0.717) is 0 Å². The number of rotatable bonds is 0. The largest absolute Gasteiger partial charge is 0.366 e. The molecule has 11 heavy (non-hydrogen) atoms. The number of hydrogen-bond donors (Lipinski definition) is 1. The minimum Gasteiger partial charge on any atom is -0.366 e. The van der Waals surface area contributed by atoms with Crippen molar-refractivity contribution in [3.8, 4) is 0 Å². The van der Waals surface area contributed by atoms with E-state index in [2.05, 4.69) is 29.3 Å². The Morgan fingerprint density at radius 3 is 1.82 bits per heavy atom. The maximum atomic E-state index is 3.09. The Balaban J connectivity index is 2.51. The van der Waals surface area contributed by atoms with Gasteiger partial charge in [0.2, 0.25) is 0 Å². The van der Waals surface area contributed by atoms with Crippen molar-refractivity contribution < 1.29 is 0 Å². The molecule has 1 aliphatic carbocycles. The van der Waals surface area contributed by atoms with Crippen LogP contribution in [0.4, 0.5) is 0 Å². The first kappa shape index (κ1) is 5.19. The molecule has 3 rings (SSSR count). The lowest BCUT2D eigenvalue weighted by Crippen LogP contribution is -1.87. The molecular formula is C10H7N. The van der Waals surface area contributed by atoms with Crippen molar-refractivity contribution >= 4 is 22.9 Å². The average Bonchev–Trinajstić information content (AvgIpc) is 2.40. The van der Waals surface area contributed by atoms with Crippen LogP contribution in [0.3, 0.4) is 0 Å². The molecular weight excluding hydrogens is 134 g/mol. The summed E-state index contributed by atoms with van der Waals surface area (Å²) in [6.45, 7) is 0. The number of benzene rings is 1. The van der Waals surface area contributed by atoms with Gasteiger partial charge in [-0.15, -0.1) is 0 Å². The van der Waals surface area contributed by atoms with Gasteiger partial charge < -0.3 is 4.98 Å². The summed E-state index contributed by atoms with van der Waals surface area (Å²) in [5.41, 5.74) is 2.72. The van der Waals surface area contributed by atoms with Crippen LogP contribution in [0.15, 0.2) is 24.5 Å². The Hall–Kier alpha value is -1.50. The highest BCUT2D eigenvalue weighted by molar-refractivity contribution is 5.95. The molecule has 1 aliphatic rings. The van der Waals surface area contributed by atoms with Gasteiger partial charge in [-0.3, -0.25) is 0 Å². The lowest BCUT2D eigenvalue weighted by Gasteiger charge is -2.08. The first-order valence-corrected chi connectivity index (χ1v) is 3.72. The molecule has 1 aromatic heterocycles. The highest BCUT2D eigenvalue weighted by Gasteiger charge is 2.06. The second-order valence-electron chi connectivity index (χ2n) is 2.90. The quantitative estimate of drug-likeness (QED) is 0.495. The molecule has 0 spiro atoms. The molecule has 0 saturated carbocycles. The third kappa shape index (κ3) is 0.552. The van der Waals surface area contributed by atoms with Gasteiger partial charge in [0, 0.05) is 12.4 Å². The van der Waals surface area contributed by atoms with Crippen LogP contribution in [0.1, 0.15) is 11.1 Å². The molecule has 0 aliphatic heterocycles. The van der Waals surface area contributed by atoms with Gasteiger partial charge in [0.05, 0.1) is 0 Å². The lowest BCUT2D eigenvalue weighted by atomic mass is 9.95. The molecule has 0 atom stereocenters. The zero-order chi connectivity index (χ0) is 7.26. The Labute approximate surface area is 64.4 Å². The van der Waals surface area contributed by atoms with Gasteiger partial charge in [-0.05, 0) is 34.0 Å². The summed E-state index contributed by atoms with van der Waals surface area (Å²) in [7, 11) is 0. The maximum Gasteiger partial charge on any atom is 0.00845 e. The van der Waals surface area contributed by atoms with Crippen molar-refractivity contribution in [2.24, 2.45) is 0 Å². The Morgan fingerprint density at radius 1 is 0.818 bits per heavy atom. The molecule has 1 heteroatoms. The topological polar surface area (TPSA) is 15.8 Å². The number of fused-ring (bicyclic) bond motifs is 2. The molecule has 1 heterocycles. The Bertz CT molecular complexity index is 409. The van der Waals surface area contributed by atoms with Gasteiger partial charge in [0.25, 0.3) is 0 Å². The number of aromatic nitrogens is 1. The molecule has 52 valence electrons. The van der Waals surface area contributed by atoms with Crippen molar-refractivity contribution in [1.29, 1.82) is 0 Å². The van der Waals surface area contributed by atoms with Gasteiger partial charge in [0.1, 0.15) is 0 Å². The molecule has 0 saturated heterocycles. The molecule has 1 N–H and O–H groups in total. The van der Waals surface area contributed by atoms with E-state index in [0.717, 1.165) is 0 Å². The molecule has 0 amide bonds. The molecule has 0 unspecified atom stereocenters. The van der Waals surface area contributed by atoms with E-state index in [1.165, 1.54) is 21.9 Å². The Morgan fingerprint density at radius 2 is 1.36 bits per heavy atom. The van der Waals surface area contributed by atoms with E-state index >= 15 is 0 Å². The van der Waals surface area contributed by atoms with Crippen LogP contribution < -0.4 is 0 Å². The molecule has 0 fully saturated rings. The average molecular weight is 141 g/mol. The van der Waals surface area contributed by atoms with Crippen LogP contribution >= 0.6 is 0 Å². The van der Waals surface area contributed by atoms with Crippen LogP contribution in [-0.2, 0) is 0 Å². The van der Waals surface area contributed by atoms with Crippen molar-refractivity contribution in [1.82, 2.24) is 4.98 Å². The predicted octanol–water partition coefficient (Wildman–Crippen LogP) is 2.65. The summed E-state index contributed by atoms with van der Waals surface area (Å²) in [4.78, 5) is 3.09. The smallest absolute Gasteiger partial charge is 0.00845 e. The van der Waals surface area contributed by atoms with Crippen molar-refractivity contribution in [2.45, 2.75) is 0 Å². The summed E-state index contributed by atoms with van der Waals surface area (Å²) in [5.74, 6) is 0. The molecule has 1 aromatic carbocycles. The van der Waals surface area contributed by atoms with Crippen molar-refractivity contribution in [3.63, 3.8) is 0 Å². The molecule has 2 aromatic rings. The highest BCUT2D eigenvalue weighted by atomic mass is 14.6. The predicted molar refractivity (Wildman–Crippen MR) is 47.2 cm³/mol. The standard InChI is InChI=1S/C10H7N/c1-2-8-4-10-6-11-5-9(10)3-7(1)8/h1-6,11H. The summed E-state index contributed by atoms with van der Waals surface area (Å²) >= 11 is 0. The van der Waals surface area contributed by atoms with Gasteiger partial charge in [0.15, 0.2) is 0 Å². The summed E-state index contributed by atoms with van der Waals surface area (Å²) < 4.78 is 0. The number of nitrogens with one attached hydrogen (secondary N) is 1. The van der Waals surface area contributed by atoms with E-state index in [4.69, 9.17) is 0 Å². The SMILES string of the molecule is C1=Cc2cc3c[nH]cc3cc21. The molecule has 1 nitrogen and oxygen atoms in total. The number of aromatic amines is 1. The van der Waals surface area contributed by atoms with E-state index in [1.807, 2.05) is 12.4 Å². The van der Waals surface area contributed by atoms with Gasteiger partial charge in [-0.2, -0.15) is 0 Å². The Kier molecular flexibility index (Phi) is 0.737. The molecule has 0 bridgehead atoms. The van der Waals surface area contributed by atoms with E-state index < -0.39 is 0 Å². The maximum absolute atomic E-state index is 3.09. The fourth-order valence-corrected chi connectivity index (χ4v) is 1.51. The fourth-order valence-electron chi connectivity index (χ4n) is 1.51. The van der Waals surface area contributed by atoms with Crippen LogP contribution in [0.25, 0.3) is 22.9 Å². The summed E-state index contributed by atoms with van der Waals surface area (Å²) in [5, 5.41) is 2.60. The third-order valence-electron chi connectivity index (χ3n) is 2.21. The van der Waals surface area contributed by atoms with Crippen molar-refractivity contribution in [2.75, 3.05) is 0 Å². The van der Waals surface area contributed by atoms with Gasteiger partial charge >= 0.3 is 0 Å². The van der Waals surface area contributed by atoms with Crippen molar-refractivity contribution in [3.05, 3.63) is 35.7 Å². The number of H-pyrrole nitrogens is 1. The summed E-state index contributed by atoms with van der Waals surface area (Å²) in [6.07, 6.45) is 8.34. The van der Waals surface area contributed by atoms with Gasteiger partial charge in [-0.25, -0.2) is 0 Å². The second-order valence-corrected chi connectivity index (χ2v) is 2.90. The van der Waals surface area contributed by atoms with Crippen LogP contribution in [0, 0.1) is 0 Å². The van der Waals surface area contributed by atoms with Crippen LogP contribution in [0.5, 0.6) is 0 Å². The summed E-state index contributed by atoms with van der Waals surface area (Å²) in [6, 6.07) is 4.42. The lowest BCUT2D eigenvalue weighted by molar-refractivity contribution is 1.43. The minimum atomic E-state index is 1.30. The van der Waals surface area contributed by atoms with E-state index in [9.17, 15) is 0 Å². The number of hydrogen-bond acceptors (Lipinski definition) is 0. The zero-order valence-electron chi connectivity index (χ0n) is 5.96. The molecule has 0 radical (unpaired) electrons. The normalized spacial score (nSPS) is 13.1. The van der Waals surface area contributed by atoms with Gasteiger partial charge in [-0.1, -0.05) is 12.2 Å². The zero-order valence-corrected chi connectivity index (χ0v) is 5.96. The van der Waals surface area contributed by atoms with Crippen LogP contribution in [0.2, 0.25) is 0 Å². The third-order valence-corrected chi connectivity index (χ3v) is 2.21. The van der Waals surface area contributed by atoms with E-state index in [-0.39, 0.29) is 0 Å². The second kappa shape index (κ2) is 1.56. The van der Waals surface area contributed by atoms with Crippen LogP contribution in [-0.4, -0.2) is 4.98 Å². The first-order valence-electron chi connectivity index (χ1n) is 3.72. The fraction of sp³-hybridized carbons (Fsp3) is 0. The van der Waals surface area contributed by atoms with E-state index in [1.54, 1.807) is 0 Å². The monoisotopic (exact) mass is 141 g/mol. The first-order chi connectivity index (χ1) is 5.43. The minimum absolute atomic E-state index is 1.30. The highest BCUT2D eigenvalue weighted by Crippen LogP contribution is 2.28.